The minimum atomic E-state index is -0.784. The molecule has 1 aliphatic rings. The highest BCUT2D eigenvalue weighted by Gasteiger charge is 2.34. The van der Waals surface area contributed by atoms with E-state index in [1.165, 1.54) is 6.20 Å². The van der Waals surface area contributed by atoms with Crippen molar-refractivity contribution in [1.29, 1.82) is 0 Å². The van der Waals surface area contributed by atoms with Gasteiger partial charge in [-0.25, -0.2) is 4.98 Å². The number of hydrogen-bond acceptors (Lipinski definition) is 7. The third-order valence-corrected chi connectivity index (χ3v) is 3.60. The fourth-order valence-electron chi connectivity index (χ4n) is 2.60. The van der Waals surface area contributed by atoms with Crippen LogP contribution in [0.2, 0.25) is 0 Å². The van der Waals surface area contributed by atoms with E-state index in [4.69, 9.17) is 0 Å². The molecule has 0 saturated heterocycles. The molecule has 2 N–H and O–H groups in total. The summed E-state index contributed by atoms with van der Waals surface area (Å²) in [4.78, 5) is 20.2. The van der Waals surface area contributed by atoms with Crippen LogP contribution in [0.25, 0.3) is 0 Å². The molecule has 0 radical (unpaired) electrons. The molecule has 1 aromatic heterocycles. The summed E-state index contributed by atoms with van der Waals surface area (Å²) in [7, 11) is 3.35. The number of rotatable bonds is 5. The second-order valence-electron chi connectivity index (χ2n) is 5.20. The van der Waals surface area contributed by atoms with Gasteiger partial charge in [-0.3, -0.25) is 10.1 Å². The van der Waals surface area contributed by atoms with Gasteiger partial charge >= 0.3 is 5.69 Å². The normalized spacial score (nSPS) is 16.9. The summed E-state index contributed by atoms with van der Waals surface area (Å²) in [6.07, 6.45) is 4.59. The summed E-state index contributed by atoms with van der Waals surface area (Å²) in [5.74, 6) is 0.533. The maximum absolute atomic E-state index is 11.1. The zero-order valence-electron chi connectivity index (χ0n) is 11.7. The van der Waals surface area contributed by atoms with E-state index in [-0.39, 0.29) is 11.5 Å². The van der Waals surface area contributed by atoms with Crippen molar-refractivity contribution < 1.29 is 10.0 Å². The van der Waals surface area contributed by atoms with Gasteiger partial charge in [0.1, 0.15) is 6.20 Å². The Labute approximate surface area is 117 Å². The average Bonchev–Trinajstić information content (AvgIpc) is 2.84. The van der Waals surface area contributed by atoms with Crippen molar-refractivity contribution in [3.63, 3.8) is 0 Å². The molecule has 20 heavy (non-hydrogen) atoms. The molecular formula is C12H19N5O3. The number of nitrogens with zero attached hydrogens (tertiary/aromatic N) is 4. The molecule has 0 amide bonds. The smallest absolute Gasteiger partial charge is 0.329 e. The van der Waals surface area contributed by atoms with Gasteiger partial charge in [0.05, 0.1) is 10.5 Å². The van der Waals surface area contributed by atoms with E-state index in [2.05, 4.69) is 15.3 Å². The van der Waals surface area contributed by atoms with Crippen LogP contribution in [0, 0.1) is 10.1 Å². The molecular weight excluding hydrogens is 262 g/mol. The summed E-state index contributed by atoms with van der Waals surface area (Å²) in [5.41, 5.74) is -0.944. The number of anilines is 2. The number of nitrogens with one attached hydrogen (secondary N) is 1. The lowest BCUT2D eigenvalue weighted by atomic mass is 10.0. The molecule has 110 valence electrons. The average molecular weight is 281 g/mol. The monoisotopic (exact) mass is 281 g/mol. The first-order valence-electron chi connectivity index (χ1n) is 6.58. The minimum Gasteiger partial charge on any atom is -0.388 e. The van der Waals surface area contributed by atoms with Crippen LogP contribution in [0.3, 0.4) is 0 Å². The van der Waals surface area contributed by atoms with E-state index in [0.29, 0.717) is 12.5 Å². The minimum absolute atomic E-state index is 0.159. The summed E-state index contributed by atoms with van der Waals surface area (Å²) in [6, 6.07) is 0. The van der Waals surface area contributed by atoms with Crippen molar-refractivity contribution in [2.45, 2.75) is 31.3 Å². The lowest BCUT2D eigenvalue weighted by Crippen LogP contribution is -2.39. The maximum Gasteiger partial charge on any atom is 0.329 e. The quantitative estimate of drug-likeness (QED) is 0.616. The van der Waals surface area contributed by atoms with Crippen molar-refractivity contribution in [2.24, 2.45) is 0 Å². The largest absolute Gasteiger partial charge is 0.388 e. The molecule has 0 aliphatic heterocycles. The van der Waals surface area contributed by atoms with Gasteiger partial charge < -0.3 is 15.3 Å². The molecule has 8 heteroatoms. The first-order valence-corrected chi connectivity index (χ1v) is 6.58. The molecule has 0 bridgehead atoms. The van der Waals surface area contributed by atoms with E-state index in [9.17, 15) is 15.2 Å². The molecule has 0 spiro atoms. The van der Waals surface area contributed by atoms with Gasteiger partial charge in [0.15, 0.2) is 0 Å². The fourth-order valence-corrected chi connectivity index (χ4v) is 2.60. The zero-order valence-corrected chi connectivity index (χ0v) is 11.7. The third-order valence-electron chi connectivity index (χ3n) is 3.60. The van der Waals surface area contributed by atoms with Crippen LogP contribution < -0.4 is 10.2 Å². The molecule has 1 heterocycles. The molecule has 1 fully saturated rings. The number of hydrogen-bond donors (Lipinski definition) is 2. The van der Waals surface area contributed by atoms with Crippen LogP contribution in [0.15, 0.2) is 6.20 Å². The van der Waals surface area contributed by atoms with Crippen LogP contribution in [0.4, 0.5) is 17.5 Å². The Hall–Kier alpha value is -1.96. The van der Waals surface area contributed by atoms with Gasteiger partial charge in [-0.05, 0) is 12.8 Å². The van der Waals surface area contributed by atoms with E-state index < -0.39 is 10.5 Å². The predicted octanol–water partition coefficient (Wildman–Crippen LogP) is 1.17. The fraction of sp³-hybridized carbons (Fsp3) is 0.667. The second kappa shape index (κ2) is 5.58. The van der Waals surface area contributed by atoms with Gasteiger partial charge in [0.2, 0.25) is 11.8 Å². The van der Waals surface area contributed by atoms with Gasteiger partial charge in [0, 0.05) is 20.6 Å². The van der Waals surface area contributed by atoms with Gasteiger partial charge in [-0.2, -0.15) is 4.98 Å². The number of aromatic nitrogens is 2. The van der Waals surface area contributed by atoms with E-state index >= 15 is 0 Å². The Morgan fingerprint density at radius 2 is 2.20 bits per heavy atom. The molecule has 1 aliphatic carbocycles. The van der Waals surface area contributed by atoms with Crippen LogP contribution in [-0.2, 0) is 0 Å². The summed E-state index contributed by atoms with van der Waals surface area (Å²) >= 11 is 0. The van der Waals surface area contributed by atoms with Crippen LogP contribution in [-0.4, -0.2) is 46.2 Å². The van der Waals surface area contributed by atoms with E-state index in [0.717, 1.165) is 25.7 Å². The molecule has 0 unspecified atom stereocenters. The maximum atomic E-state index is 11.1. The highest BCUT2D eigenvalue weighted by Crippen LogP contribution is 2.33. The lowest BCUT2D eigenvalue weighted by Gasteiger charge is -2.29. The standard InChI is InChI=1S/C12H19N5O3/c1-13-11-14-7-9(17(19)20)10(15-11)16(2)8-12(18)5-3-4-6-12/h7,18H,3-6,8H2,1-2H3,(H,13,14,15). The first kappa shape index (κ1) is 14.4. The molecule has 0 atom stereocenters. The zero-order chi connectivity index (χ0) is 14.8. The Kier molecular flexibility index (Phi) is 4.03. The number of likely N-dealkylation sites (N-methyl/N-ethyl adjacent to an activating group) is 1. The molecule has 1 aromatic rings. The third kappa shape index (κ3) is 2.96. The van der Waals surface area contributed by atoms with Gasteiger partial charge in [-0.15, -0.1) is 0 Å². The molecule has 8 nitrogen and oxygen atoms in total. The van der Waals surface area contributed by atoms with Crippen molar-refractivity contribution in [3.8, 4) is 0 Å². The number of aliphatic hydroxyl groups is 1. The van der Waals surface area contributed by atoms with Crippen molar-refractivity contribution in [1.82, 2.24) is 9.97 Å². The van der Waals surface area contributed by atoms with Crippen LogP contribution >= 0.6 is 0 Å². The van der Waals surface area contributed by atoms with Crippen molar-refractivity contribution in [2.75, 3.05) is 30.9 Å². The summed E-state index contributed by atoms with van der Waals surface area (Å²) in [6.45, 7) is 0.327. The van der Waals surface area contributed by atoms with Gasteiger partial charge in [-0.1, -0.05) is 12.8 Å². The Morgan fingerprint density at radius 1 is 1.55 bits per heavy atom. The topological polar surface area (TPSA) is 104 Å². The van der Waals surface area contributed by atoms with Crippen molar-refractivity contribution in [3.05, 3.63) is 16.3 Å². The number of nitro groups is 1. The highest BCUT2D eigenvalue weighted by molar-refractivity contribution is 5.58. The Bertz CT molecular complexity index is 502. The molecule has 1 saturated carbocycles. The van der Waals surface area contributed by atoms with E-state index in [1.807, 2.05) is 0 Å². The second-order valence-corrected chi connectivity index (χ2v) is 5.20. The van der Waals surface area contributed by atoms with E-state index in [1.54, 1.807) is 19.0 Å². The predicted molar refractivity (Wildman–Crippen MR) is 74.9 cm³/mol. The molecule has 0 aromatic carbocycles. The lowest BCUT2D eigenvalue weighted by molar-refractivity contribution is -0.384. The van der Waals surface area contributed by atoms with Crippen LogP contribution in [0.5, 0.6) is 0 Å². The molecule has 2 rings (SSSR count). The first-order chi connectivity index (χ1) is 9.45. The summed E-state index contributed by atoms with van der Waals surface area (Å²) in [5, 5.41) is 24.2. The van der Waals surface area contributed by atoms with Crippen LogP contribution in [0.1, 0.15) is 25.7 Å². The highest BCUT2D eigenvalue weighted by atomic mass is 16.6. The SMILES string of the molecule is CNc1ncc([N+](=O)[O-])c(N(C)CC2(O)CCCC2)n1. The summed E-state index contributed by atoms with van der Waals surface area (Å²) < 4.78 is 0. The van der Waals surface area contributed by atoms with Gasteiger partial charge in [0.25, 0.3) is 0 Å². The Balaban J connectivity index is 2.27. The van der Waals surface area contributed by atoms with Crippen molar-refractivity contribution >= 4 is 17.5 Å². The Morgan fingerprint density at radius 3 is 2.75 bits per heavy atom.